The molecule has 4 nitrogen and oxygen atoms in total. The van der Waals surface area contributed by atoms with Crippen molar-refractivity contribution >= 4 is 11.9 Å². The lowest BCUT2D eigenvalue weighted by molar-refractivity contribution is -0.377. The highest BCUT2D eigenvalue weighted by Crippen LogP contribution is 2.56. The SMILES string of the molecule is C=C(C)C(=O)OC(F)(F)C(F)(c1cccc(C(F)(C(F)(F)F)C(F)(F)OC(=O)C(=C)C)c1)C(F)(F)F. The second-order valence-electron chi connectivity index (χ2n) is 7.27. The van der Waals surface area contributed by atoms with Gasteiger partial charge in [-0.15, -0.1) is 0 Å². The van der Waals surface area contributed by atoms with E-state index >= 15 is 8.78 Å². The van der Waals surface area contributed by atoms with Gasteiger partial charge in [-0.25, -0.2) is 18.4 Å². The second kappa shape index (κ2) is 9.35. The lowest BCUT2D eigenvalue weighted by atomic mass is 9.86. The van der Waals surface area contributed by atoms with Crippen LogP contribution < -0.4 is 0 Å². The van der Waals surface area contributed by atoms with E-state index in [1.54, 1.807) is 0 Å². The topological polar surface area (TPSA) is 52.6 Å². The Balaban J connectivity index is 3.92. The number of benzene rings is 1. The third kappa shape index (κ3) is 5.16. The highest BCUT2D eigenvalue weighted by atomic mass is 19.4. The Kier molecular flexibility index (Phi) is 8.01. The Morgan fingerprint density at radius 3 is 1.14 bits per heavy atom. The van der Waals surface area contributed by atoms with Gasteiger partial charge in [-0.3, -0.25) is 0 Å². The summed E-state index contributed by atoms with van der Waals surface area (Å²) in [4.78, 5) is 22.6. The third-order valence-electron chi connectivity index (χ3n) is 4.38. The van der Waals surface area contributed by atoms with Crippen molar-refractivity contribution in [3.63, 3.8) is 0 Å². The van der Waals surface area contributed by atoms with Crippen molar-refractivity contribution in [1.82, 2.24) is 0 Å². The van der Waals surface area contributed by atoms with Crippen molar-refractivity contribution in [3.05, 3.63) is 59.7 Å². The fourth-order valence-electron chi connectivity index (χ4n) is 2.49. The largest absolute Gasteiger partial charge is 0.449 e. The molecular formula is C20H14F12O4. The first kappa shape index (κ1) is 30.8. The van der Waals surface area contributed by atoms with Gasteiger partial charge in [0.05, 0.1) is 0 Å². The molecule has 0 fully saturated rings. The lowest BCUT2D eigenvalue weighted by Gasteiger charge is -2.36. The molecule has 1 aromatic rings. The molecular weight excluding hydrogens is 532 g/mol. The van der Waals surface area contributed by atoms with Gasteiger partial charge in [0.1, 0.15) is 0 Å². The lowest BCUT2D eigenvalue weighted by Crippen LogP contribution is -2.56. The van der Waals surface area contributed by atoms with Gasteiger partial charge in [0.2, 0.25) is 0 Å². The number of carbonyl (C=O) groups is 2. The molecule has 0 aliphatic rings. The fraction of sp³-hybridized carbons (Fsp3) is 0.400. The Morgan fingerprint density at radius 1 is 0.639 bits per heavy atom. The average Bonchev–Trinajstić information content (AvgIpc) is 2.69. The smallest absolute Gasteiger partial charge is 0.394 e. The summed E-state index contributed by atoms with van der Waals surface area (Å²) in [6, 6.07) is -1.56. The second-order valence-corrected chi connectivity index (χ2v) is 7.27. The molecule has 0 amide bonds. The first-order chi connectivity index (χ1) is 15.9. The Hall–Kier alpha value is -3.20. The van der Waals surface area contributed by atoms with Crippen molar-refractivity contribution in [3.8, 4) is 0 Å². The van der Waals surface area contributed by atoms with Crippen molar-refractivity contribution < 1.29 is 71.7 Å². The zero-order chi connectivity index (χ0) is 28.7. The zero-order valence-corrected chi connectivity index (χ0v) is 17.9. The Labute approximate surface area is 194 Å². The first-order valence-electron chi connectivity index (χ1n) is 9.02. The molecule has 0 heterocycles. The molecule has 2 atom stereocenters. The van der Waals surface area contributed by atoms with Crippen LogP contribution in [-0.4, -0.2) is 36.5 Å². The summed E-state index contributed by atoms with van der Waals surface area (Å²) >= 11 is 0. The van der Waals surface area contributed by atoms with E-state index in [4.69, 9.17) is 0 Å². The molecule has 0 saturated carbocycles. The van der Waals surface area contributed by atoms with Crippen LogP contribution in [0.5, 0.6) is 0 Å². The van der Waals surface area contributed by atoms with Crippen LogP contribution in [-0.2, 0) is 30.4 Å². The van der Waals surface area contributed by atoms with Crippen LogP contribution in [0.1, 0.15) is 25.0 Å². The molecule has 0 spiro atoms. The van der Waals surface area contributed by atoms with Gasteiger partial charge in [0.25, 0.3) is 0 Å². The van der Waals surface area contributed by atoms with Crippen molar-refractivity contribution in [2.24, 2.45) is 0 Å². The van der Waals surface area contributed by atoms with E-state index in [0.717, 1.165) is 0 Å². The number of alkyl halides is 12. The van der Waals surface area contributed by atoms with Crippen molar-refractivity contribution in [2.45, 2.75) is 49.8 Å². The number of carbonyl (C=O) groups excluding carboxylic acids is 2. The predicted octanol–water partition coefficient (Wildman–Crippen LogP) is 6.57. The third-order valence-corrected chi connectivity index (χ3v) is 4.38. The number of ether oxygens (including phenoxy) is 2. The maximum Gasteiger partial charge on any atom is 0.449 e. The minimum Gasteiger partial charge on any atom is -0.394 e. The Bertz CT molecular complexity index is 980. The predicted molar refractivity (Wildman–Crippen MR) is 95.8 cm³/mol. The van der Waals surface area contributed by atoms with E-state index in [2.05, 4.69) is 22.6 Å². The Morgan fingerprint density at radius 2 is 0.917 bits per heavy atom. The maximum absolute atomic E-state index is 15.0. The van der Waals surface area contributed by atoms with Crippen LogP contribution in [0.3, 0.4) is 0 Å². The van der Waals surface area contributed by atoms with Crippen LogP contribution in [0.15, 0.2) is 48.6 Å². The number of hydrogen-bond acceptors (Lipinski definition) is 4. The quantitative estimate of drug-likeness (QED) is 0.211. The maximum atomic E-state index is 15.0. The highest BCUT2D eigenvalue weighted by Gasteiger charge is 2.77. The van der Waals surface area contributed by atoms with Crippen LogP contribution in [0.4, 0.5) is 52.7 Å². The van der Waals surface area contributed by atoms with E-state index in [9.17, 15) is 53.5 Å². The summed E-state index contributed by atoms with van der Waals surface area (Å²) < 4.78 is 175. The molecule has 0 aromatic heterocycles. The van der Waals surface area contributed by atoms with Gasteiger partial charge >= 0.3 is 47.8 Å². The van der Waals surface area contributed by atoms with E-state index in [1.165, 1.54) is 0 Å². The van der Waals surface area contributed by atoms with Crippen LogP contribution in [0.2, 0.25) is 0 Å². The molecule has 0 aliphatic carbocycles. The molecule has 0 saturated heterocycles. The summed E-state index contributed by atoms with van der Waals surface area (Å²) in [5, 5.41) is 0. The summed E-state index contributed by atoms with van der Waals surface area (Å²) in [6.45, 7) is 6.89. The minimum atomic E-state index is -6.78. The summed E-state index contributed by atoms with van der Waals surface area (Å²) in [5.74, 6) is -4.54. The summed E-state index contributed by atoms with van der Waals surface area (Å²) in [6.07, 6.45) is -26.0. The standard InChI is InChI=1S/C20H14F12O4/c1-9(2)13(33)35-19(29,30)15(21,17(23,24)25)11-6-5-7-12(8-11)16(22,18(26,27)28)20(31,32)36-14(34)10(3)4/h5-8H,1,3H2,2,4H3. The van der Waals surface area contributed by atoms with Gasteiger partial charge in [0, 0.05) is 22.3 Å². The summed E-state index contributed by atoms with van der Waals surface area (Å²) in [5.41, 5.74) is -19.4. The van der Waals surface area contributed by atoms with Crippen LogP contribution >= 0.6 is 0 Å². The molecule has 2 unspecified atom stereocenters. The number of rotatable bonds is 8. The normalized spacial score (nSPS) is 16.4. The molecule has 1 aromatic carbocycles. The summed E-state index contributed by atoms with van der Waals surface area (Å²) in [7, 11) is 0. The van der Waals surface area contributed by atoms with E-state index < -0.39 is 76.2 Å². The van der Waals surface area contributed by atoms with E-state index in [0.29, 0.717) is 13.8 Å². The van der Waals surface area contributed by atoms with Gasteiger partial charge in [-0.2, -0.15) is 43.9 Å². The zero-order valence-electron chi connectivity index (χ0n) is 17.9. The first-order valence-corrected chi connectivity index (χ1v) is 9.02. The van der Waals surface area contributed by atoms with E-state index in [-0.39, 0.29) is 18.2 Å². The van der Waals surface area contributed by atoms with Crippen molar-refractivity contribution in [2.75, 3.05) is 0 Å². The molecule has 16 heteroatoms. The molecule has 0 aliphatic heterocycles. The van der Waals surface area contributed by atoms with Crippen LogP contribution in [0, 0.1) is 0 Å². The number of hydrogen-bond donors (Lipinski definition) is 0. The fourth-order valence-corrected chi connectivity index (χ4v) is 2.49. The van der Waals surface area contributed by atoms with Gasteiger partial charge < -0.3 is 9.47 Å². The minimum absolute atomic E-state index is 0.0991. The molecule has 202 valence electrons. The molecule has 0 N–H and O–H groups in total. The molecule has 0 radical (unpaired) electrons. The van der Waals surface area contributed by atoms with Crippen molar-refractivity contribution in [1.29, 1.82) is 0 Å². The van der Waals surface area contributed by atoms with Gasteiger partial charge in [-0.05, 0) is 19.9 Å². The molecule has 0 bridgehead atoms. The number of esters is 2. The van der Waals surface area contributed by atoms with E-state index in [1.807, 2.05) is 0 Å². The molecule has 36 heavy (non-hydrogen) atoms. The van der Waals surface area contributed by atoms with Gasteiger partial charge in [-0.1, -0.05) is 31.4 Å². The molecule has 1 rings (SSSR count). The number of halogens is 12. The monoisotopic (exact) mass is 546 g/mol. The van der Waals surface area contributed by atoms with Crippen LogP contribution in [0.25, 0.3) is 0 Å². The van der Waals surface area contributed by atoms with Gasteiger partial charge in [0.15, 0.2) is 0 Å². The highest BCUT2D eigenvalue weighted by molar-refractivity contribution is 5.87. The average molecular weight is 546 g/mol.